The molecule has 1 aromatic heterocycles. The van der Waals surface area contributed by atoms with Gasteiger partial charge in [-0.25, -0.2) is 9.37 Å². The van der Waals surface area contributed by atoms with Crippen LogP contribution < -0.4 is 10.6 Å². The van der Waals surface area contributed by atoms with Crippen LogP contribution in [-0.2, 0) is 12.8 Å². The van der Waals surface area contributed by atoms with Crippen molar-refractivity contribution in [1.29, 1.82) is 0 Å². The standard InChI is InChI=1S/C22H22FN3O/c1-2-16-5-9-19(10-6-16)26-20-11-12-21(25-15-20)22(27)24-14-13-17-3-7-18(23)8-4-17/h3-12,15,26H,2,13-14H2,1H3,(H,24,27). The Labute approximate surface area is 158 Å². The predicted octanol–water partition coefficient (Wildman–Crippen LogP) is 4.50. The Kier molecular flexibility index (Phi) is 6.15. The maximum Gasteiger partial charge on any atom is 0.269 e. The Balaban J connectivity index is 1.51. The largest absolute Gasteiger partial charge is 0.354 e. The van der Waals surface area contributed by atoms with Crippen molar-refractivity contribution in [1.82, 2.24) is 10.3 Å². The van der Waals surface area contributed by atoms with Crippen molar-refractivity contribution < 1.29 is 9.18 Å². The van der Waals surface area contributed by atoms with Gasteiger partial charge in [0.1, 0.15) is 11.5 Å². The summed E-state index contributed by atoms with van der Waals surface area (Å²) in [5.74, 6) is -0.488. The van der Waals surface area contributed by atoms with Gasteiger partial charge in [0.2, 0.25) is 0 Å². The number of pyridine rings is 1. The van der Waals surface area contributed by atoms with Gasteiger partial charge in [0, 0.05) is 12.2 Å². The highest BCUT2D eigenvalue weighted by molar-refractivity contribution is 5.92. The molecule has 2 N–H and O–H groups in total. The zero-order valence-corrected chi connectivity index (χ0v) is 15.2. The lowest BCUT2D eigenvalue weighted by atomic mass is 10.1. The molecule has 0 bridgehead atoms. The number of hydrogen-bond acceptors (Lipinski definition) is 3. The van der Waals surface area contributed by atoms with Crippen LogP contribution in [0.4, 0.5) is 15.8 Å². The topological polar surface area (TPSA) is 54.0 Å². The summed E-state index contributed by atoms with van der Waals surface area (Å²) in [5, 5.41) is 6.09. The van der Waals surface area contributed by atoms with E-state index in [0.717, 1.165) is 23.4 Å². The highest BCUT2D eigenvalue weighted by Crippen LogP contribution is 2.16. The summed E-state index contributed by atoms with van der Waals surface area (Å²) >= 11 is 0. The summed E-state index contributed by atoms with van der Waals surface area (Å²) in [7, 11) is 0. The van der Waals surface area contributed by atoms with Crippen LogP contribution in [0.3, 0.4) is 0 Å². The maximum atomic E-state index is 12.9. The summed E-state index contributed by atoms with van der Waals surface area (Å²) in [6.07, 6.45) is 3.29. The van der Waals surface area contributed by atoms with E-state index >= 15 is 0 Å². The highest BCUT2D eigenvalue weighted by atomic mass is 19.1. The zero-order valence-electron chi connectivity index (χ0n) is 15.2. The van der Waals surface area contributed by atoms with Crippen molar-refractivity contribution in [3.8, 4) is 0 Å². The van der Waals surface area contributed by atoms with Gasteiger partial charge in [-0.3, -0.25) is 4.79 Å². The third-order valence-electron chi connectivity index (χ3n) is 4.26. The number of nitrogens with zero attached hydrogens (tertiary/aromatic N) is 1. The van der Waals surface area contributed by atoms with Gasteiger partial charge in [-0.2, -0.15) is 0 Å². The van der Waals surface area contributed by atoms with E-state index in [4.69, 9.17) is 0 Å². The lowest BCUT2D eigenvalue weighted by Gasteiger charge is -2.08. The van der Waals surface area contributed by atoms with E-state index in [1.54, 1.807) is 24.4 Å². The normalized spacial score (nSPS) is 10.4. The van der Waals surface area contributed by atoms with Crippen molar-refractivity contribution in [3.63, 3.8) is 0 Å². The predicted molar refractivity (Wildman–Crippen MR) is 106 cm³/mol. The van der Waals surface area contributed by atoms with Crippen LogP contribution in [0.2, 0.25) is 0 Å². The van der Waals surface area contributed by atoms with Gasteiger partial charge in [0.05, 0.1) is 11.9 Å². The molecule has 0 aliphatic rings. The number of rotatable bonds is 7. The Bertz CT molecular complexity index is 875. The molecule has 0 atom stereocenters. The third-order valence-corrected chi connectivity index (χ3v) is 4.26. The summed E-state index contributed by atoms with van der Waals surface area (Å²) in [6, 6.07) is 18.0. The molecule has 0 aliphatic carbocycles. The Hall–Kier alpha value is -3.21. The number of aryl methyl sites for hydroxylation is 1. The molecule has 0 radical (unpaired) electrons. The van der Waals surface area contributed by atoms with Crippen LogP contribution in [0.15, 0.2) is 66.9 Å². The minimum Gasteiger partial charge on any atom is -0.354 e. The quantitative estimate of drug-likeness (QED) is 0.650. The highest BCUT2D eigenvalue weighted by Gasteiger charge is 2.07. The molecule has 2 aromatic carbocycles. The number of halogens is 1. The van der Waals surface area contributed by atoms with E-state index in [1.165, 1.54) is 17.7 Å². The lowest BCUT2D eigenvalue weighted by molar-refractivity contribution is 0.0949. The van der Waals surface area contributed by atoms with Gasteiger partial charge >= 0.3 is 0 Å². The molecule has 0 saturated heterocycles. The van der Waals surface area contributed by atoms with Crippen molar-refractivity contribution >= 4 is 17.3 Å². The molecular weight excluding hydrogens is 341 g/mol. The average Bonchev–Trinajstić information content (AvgIpc) is 2.70. The molecule has 0 fully saturated rings. The van der Waals surface area contributed by atoms with Crippen molar-refractivity contribution in [3.05, 3.63) is 89.5 Å². The number of carbonyl (C=O) groups excluding carboxylic acids is 1. The number of nitrogens with one attached hydrogen (secondary N) is 2. The molecule has 4 nitrogen and oxygen atoms in total. The maximum absolute atomic E-state index is 12.9. The number of anilines is 2. The van der Waals surface area contributed by atoms with Gasteiger partial charge in [-0.05, 0) is 60.4 Å². The summed E-state index contributed by atoms with van der Waals surface area (Å²) in [5.41, 5.74) is 4.42. The average molecular weight is 363 g/mol. The fraction of sp³-hybridized carbons (Fsp3) is 0.182. The SMILES string of the molecule is CCc1ccc(Nc2ccc(C(=O)NCCc3ccc(F)cc3)nc2)cc1. The molecule has 0 saturated carbocycles. The number of hydrogen-bond donors (Lipinski definition) is 2. The first-order chi connectivity index (χ1) is 13.1. The molecule has 0 spiro atoms. The first-order valence-corrected chi connectivity index (χ1v) is 8.98. The van der Waals surface area contributed by atoms with Crippen molar-refractivity contribution in [2.45, 2.75) is 19.8 Å². The fourth-order valence-corrected chi connectivity index (χ4v) is 2.65. The second-order valence-corrected chi connectivity index (χ2v) is 6.24. The van der Waals surface area contributed by atoms with Crippen molar-refractivity contribution in [2.24, 2.45) is 0 Å². The van der Waals surface area contributed by atoms with E-state index in [1.807, 2.05) is 18.2 Å². The molecule has 1 amide bonds. The van der Waals surface area contributed by atoms with E-state index in [0.29, 0.717) is 18.7 Å². The van der Waals surface area contributed by atoms with E-state index < -0.39 is 0 Å². The number of benzene rings is 2. The van der Waals surface area contributed by atoms with Crippen LogP contribution in [0.1, 0.15) is 28.5 Å². The number of aromatic nitrogens is 1. The first-order valence-electron chi connectivity index (χ1n) is 8.98. The Morgan fingerprint density at radius 2 is 1.59 bits per heavy atom. The van der Waals surface area contributed by atoms with Gasteiger partial charge in [0.25, 0.3) is 5.91 Å². The molecule has 1 heterocycles. The first kappa shape index (κ1) is 18.6. The summed E-state index contributed by atoms with van der Waals surface area (Å²) < 4.78 is 12.9. The number of amides is 1. The zero-order chi connectivity index (χ0) is 19.1. The Morgan fingerprint density at radius 3 is 2.22 bits per heavy atom. The lowest BCUT2D eigenvalue weighted by Crippen LogP contribution is -2.26. The van der Waals surface area contributed by atoms with Gasteiger partial charge in [-0.1, -0.05) is 31.2 Å². The fourth-order valence-electron chi connectivity index (χ4n) is 2.65. The molecule has 3 rings (SSSR count). The van der Waals surface area contributed by atoms with Gasteiger partial charge < -0.3 is 10.6 Å². The van der Waals surface area contributed by atoms with E-state index in [9.17, 15) is 9.18 Å². The van der Waals surface area contributed by atoms with Crippen LogP contribution in [0.5, 0.6) is 0 Å². The molecule has 3 aromatic rings. The van der Waals surface area contributed by atoms with Crippen LogP contribution in [-0.4, -0.2) is 17.4 Å². The van der Waals surface area contributed by atoms with E-state index in [-0.39, 0.29) is 11.7 Å². The van der Waals surface area contributed by atoms with Gasteiger partial charge in [-0.15, -0.1) is 0 Å². The second-order valence-electron chi connectivity index (χ2n) is 6.24. The minimum absolute atomic E-state index is 0.226. The third kappa shape index (κ3) is 5.38. The molecule has 27 heavy (non-hydrogen) atoms. The van der Waals surface area contributed by atoms with Gasteiger partial charge in [0.15, 0.2) is 0 Å². The molecule has 0 aliphatic heterocycles. The Morgan fingerprint density at radius 1 is 0.926 bits per heavy atom. The minimum atomic E-state index is -0.262. The van der Waals surface area contributed by atoms with Crippen LogP contribution in [0.25, 0.3) is 0 Å². The van der Waals surface area contributed by atoms with Crippen LogP contribution in [0, 0.1) is 5.82 Å². The molecule has 5 heteroatoms. The summed E-state index contributed by atoms with van der Waals surface area (Å²) in [4.78, 5) is 16.4. The molecule has 0 unspecified atom stereocenters. The van der Waals surface area contributed by atoms with Crippen LogP contribution >= 0.6 is 0 Å². The number of carbonyl (C=O) groups is 1. The van der Waals surface area contributed by atoms with Crippen molar-refractivity contribution in [2.75, 3.05) is 11.9 Å². The second kappa shape index (κ2) is 8.94. The summed E-state index contributed by atoms with van der Waals surface area (Å²) in [6.45, 7) is 2.59. The monoisotopic (exact) mass is 363 g/mol. The smallest absolute Gasteiger partial charge is 0.269 e. The van der Waals surface area contributed by atoms with E-state index in [2.05, 4.69) is 34.7 Å². The molecule has 138 valence electrons. The molecular formula is C22H22FN3O.